The van der Waals surface area contributed by atoms with Gasteiger partial charge in [0.1, 0.15) is 5.75 Å². The maximum atomic E-state index is 11.8. The molecule has 0 bridgehead atoms. The number of aliphatic hydroxyl groups is 1. The summed E-state index contributed by atoms with van der Waals surface area (Å²) >= 11 is 0. The molecule has 0 aliphatic rings. The van der Waals surface area contributed by atoms with Gasteiger partial charge in [0.25, 0.3) is 0 Å². The van der Waals surface area contributed by atoms with Gasteiger partial charge in [-0.15, -0.1) is 0 Å². The zero-order valence-corrected chi connectivity index (χ0v) is 12.8. The van der Waals surface area contributed by atoms with E-state index in [9.17, 15) is 9.90 Å². The van der Waals surface area contributed by atoms with E-state index in [0.29, 0.717) is 32.4 Å². The third kappa shape index (κ3) is 7.11. The lowest BCUT2D eigenvalue weighted by Crippen LogP contribution is -2.28. The van der Waals surface area contributed by atoms with E-state index < -0.39 is 6.10 Å². The fourth-order valence-electron chi connectivity index (χ4n) is 2.00. The molecule has 0 spiro atoms. The van der Waals surface area contributed by atoms with Crippen molar-refractivity contribution >= 4 is 5.91 Å². The molecule has 0 radical (unpaired) electrons. The van der Waals surface area contributed by atoms with Crippen molar-refractivity contribution in [1.29, 1.82) is 0 Å². The lowest BCUT2D eigenvalue weighted by atomic mass is 10.1. The molecule has 0 aromatic heterocycles. The summed E-state index contributed by atoms with van der Waals surface area (Å²) in [5.74, 6) is 0.814. The molecule has 1 amide bonds. The quantitative estimate of drug-likeness (QED) is 0.687. The van der Waals surface area contributed by atoms with Gasteiger partial charge in [-0.25, -0.2) is 0 Å². The lowest BCUT2D eigenvalue weighted by molar-refractivity contribution is -0.121. The van der Waals surface area contributed by atoms with E-state index in [1.54, 1.807) is 0 Å². The van der Waals surface area contributed by atoms with E-state index >= 15 is 0 Å². The smallest absolute Gasteiger partial charge is 0.220 e. The van der Waals surface area contributed by atoms with Crippen molar-refractivity contribution in [2.75, 3.05) is 26.9 Å². The second kappa shape index (κ2) is 10.2. The zero-order valence-electron chi connectivity index (χ0n) is 12.8. The van der Waals surface area contributed by atoms with Crippen molar-refractivity contribution in [2.45, 2.75) is 32.3 Å². The van der Waals surface area contributed by atoms with Gasteiger partial charge in [-0.1, -0.05) is 18.2 Å². The summed E-state index contributed by atoms with van der Waals surface area (Å²) in [5.41, 5.74) is 1.04. The fourth-order valence-corrected chi connectivity index (χ4v) is 2.00. The van der Waals surface area contributed by atoms with Crippen molar-refractivity contribution in [3.63, 3.8) is 0 Å². The van der Waals surface area contributed by atoms with E-state index in [1.807, 2.05) is 31.2 Å². The SMILES string of the molecule is CCOc1ccccc1CCC(=O)NCCC(O)COC. The Balaban J connectivity index is 2.30. The van der Waals surface area contributed by atoms with Crippen LogP contribution in [0.15, 0.2) is 24.3 Å². The first-order valence-corrected chi connectivity index (χ1v) is 7.31. The van der Waals surface area contributed by atoms with Crippen LogP contribution in [0.5, 0.6) is 5.75 Å². The van der Waals surface area contributed by atoms with Gasteiger partial charge in [0.2, 0.25) is 5.91 Å². The van der Waals surface area contributed by atoms with Crippen LogP contribution in [0, 0.1) is 0 Å². The minimum absolute atomic E-state index is 0.0223. The highest BCUT2D eigenvalue weighted by Crippen LogP contribution is 2.19. The average molecular weight is 295 g/mol. The molecule has 0 aliphatic heterocycles. The van der Waals surface area contributed by atoms with E-state index in [2.05, 4.69) is 5.32 Å². The molecule has 1 rings (SSSR count). The van der Waals surface area contributed by atoms with Crippen LogP contribution in [0.25, 0.3) is 0 Å². The molecule has 118 valence electrons. The van der Waals surface area contributed by atoms with Crippen LogP contribution in [0.2, 0.25) is 0 Å². The Labute approximate surface area is 126 Å². The van der Waals surface area contributed by atoms with Crippen molar-refractivity contribution in [2.24, 2.45) is 0 Å². The highest BCUT2D eigenvalue weighted by molar-refractivity contribution is 5.76. The van der Waals surface area contributed by atoms with Crippen LogP contribution in [-0.2, 0) is 16.0 Å². The van der Waals surface area contributed by atoms with E-state index in [-0.39, 0.29) is 12.5 Å². The first kappa shape index (κ1) is 17.5. The molecular weight excluding hydrogens is 270 g/mol. The van der Waals surface area contributed by atoms with Crippen molar-refractivity contribution < 1.29 is 19.4 Å². The Kier molecular flexibility index (Phi) is 8.47. The number of carbonyl (C=O) groups is 1. The molecule has 5 heteroatoms. The number of aliphatic hydroxyl groups excluding tert-OH is 1. The highest BCUT2D eigenvalue weighted by Gasteiger charge is 2.08. The van der Waals surface area contributed by atoms with Gasteiger partial charge in [0.05, 0.1) is 19.3 Å². The topological polar surface area (TPSA) is 67.8 Å². The summed E-state index contributed by atoms with van der Waals surface area (Å²) in [5, 5.41) is 12.3. The molecule has 0 heterocycles. The maximum absolute atomic E-state index is 11.8. The van der Waals surface area contributed by atoms with Gasteiger partial charge in [0.15, 0.2) is 0 Å². The third-order valence-electron chi connectivity index (χ3n) is 3.05. The number of rotatable bonds is 10. The van der Waals surface area contributed by atoms with E-state index in [1.165, 1.54) is 7.11 Å². The Bertz CT molecular complexity index is 422. The Morgan fingerprint density at radius 3 is 2.86 bits per heavy atom. The number of hydrogen-bond acceptors (Lipinski definition) is 4. The number of carbonyl (C=O) groups excluding carboxylic acids is 1. The number of ether oxygens (including phenoxy) is 2. The van der Waals surface area contributed by atoms with E-state index in [4.69, 9.17) is 9.47 Å². The molecule has 1 atom stereocenters. The number of nitrogens with one attached hydrogen (secondary N) is 1. The van der Waals surface area contributed by atoms with Gasteiger partial charge >= 0.3 is 0 Å². The summed E-state index contributed by atoms with van der Waals surface area (Å²) in [6.07, 6.45) is 1.01. The van der Waals surface area contributed by atoms with Crippen LogP contribution in [0.1, 0.15) is 25.3 Å². The number of aryl methyl sites for hydroxylation is 1. The van der Waals surface area contributed by atoms with Gasteiger partial charge < -0.3 is 19.9 Å². The molecule has 0 fully saturated rings. The number of methoxy groups -OCH3 is 1. The van der Waals surface area contributed by atoms with Crippen LogP contribution >= 0.6 is 0 Å². The number of hydrogen-bond donors (Lipinski definition) is 2. The van der Waals surface area contributed by atoms with Gasteiger partial charge in [-0.3, -0.25) is 4.79 Å². The Morgan fingerprint density at radius 1 is 1.38 bits per heavy atom. The summed E-state index contributed by atoms with van der Waals surface area (Å²) in [6.45, 7) is 3.30. The normalized spacial score (nSPS) is 12.0. The Morgan fingerprint density at radius 2 is 2.14 bits per heavy atom. The highest BCUT2D eigenvalue weighted by atomic mass is 16.5. The molecule has 5 nitrogen and oxygen atoms in total. The largest absolute Gasteiger partial charge is 0.494 e. The molecule has 1 aromatic rings. The molecule has 1 aromatic carbocycles. The molecular formula is C16H25NO4. The lowest BCUT2D eigenvalue weighted by Gasteiger charge is -2.11. The van der Waals surface area contributed by atoms with Crippen LogP contribution < -0.4 is 10.1 Å². The number of amides is 1. The second-order valence-corrected chi connectivity index (χ2v) is 4.79. The number of para-hydroxylation sites is 1. The second-order valence-electron chi connectivity index (χ2n) is 4.79. The molecule has 0 saturated heterocycles. The predicted molar refractivity (Wildman–Crippen MR) is 81.4 cm³/mol. The summed E-state index contributed by atoms with van der Waals surface area (Å²) < 4.78 is 10.4. The first-order chi connectivity index (χ1) is 10.2. The fraction of sp³-hybridized carbons (Fsp3) is 0.562. The predicted octanol–water partition coefficient (Wildman–Crippen LogP) is 1.53. The van der Waals surface area contributed by atoms with Crippen LogP contribution in [0.3, 0.4) is 0 Å². The zero-order chi connectivity index (χ0) is 15.5. The van der Waals surface area contributed by atoms with Gasteiger partial charge in [0, 0.05) is 20.1 Å². The van der Waals surface area contributed by atoms with Gasteiger partial charge in [-0.05, 0) is 31.4 Å². The maximum Gasteiger partial charge on any atom is 0.220 e. The first-order valence-electron chi connectivity index (χ1n) is 7.31. The van der Waals surface area contributed by atoms with Gasteiger partial charge in [-0.2, -0.15) is 0 Å². The van der Waals surface area contributed by atoms with Crippen molar-refractivity contribution in [3.05, 3.63) is 29.8 Å². The Hall–Kier alpha value is -1.59. The third-order valence-corrected chi connectivity index (χ3v) is 3.05. The minimum atomic E-state index is -0.533. The van der Waals surface area contributed by atoms with Crippen molar-refractivity contribution in [1.82, 2.24) is 5.32 Å². The van der Waals surface area contributed by atoms with E-state index in [0.717, 1.165) is 11.3 Å². The molecule has 21 heavy (non-hydrogen) atoms. The summed E-state index contributed by atoms with van der Waals surface area (Å²) in [4.78, 5) is 11.8. The van der Waals surface area contributed by atoms with Crippen molar-refractivity contribution in [3.8, 4) is 5.75 Å². The molecule has 0 aliphatic carbocycles. The van der Waals surface area contributed by atoms with Crippen LogP contribution in [0.4, 0.5) is 0 Å². The van der Waals surface area contributed by atoms with Crippen LogP contribution in [-0.4, -0.2) is 44.0 Å². The average Bonchev–Trinajstić information content (AvgIpc) is 2.47. The summed E-state index contributed by atoms with van der Waals surface area (Å²) in [6, 6.07) is 7.75. The monoisotopic (exact) mass is 295 g/mol. The molecule has 1 unspecified atom stereocenters. The molecule has 0 saturated carbocycles. The molecule has 2 N–H and O–H groups in total. The minimum Gasteiger partial charge on any atom is -0.494 e. The standard InChI is InChI=1S/C16H25NO4/c1-3-21-15-7-5-4-6-13(15)8-9-16(19)17-11-10-14(18)12-20-2/h4-7,14,18H,3,8-12H2,1-2H3,(H,17,19). The number of benzene rings is 1. The summed E-state index contributed by atoms with van der Waals surface area (Å²) in [7, 11) is 1.54.